The minimum Gasteiger partial charge on any atom is -0.449 e. The summed E-state index contributed by atoms with van der Waals surface area (Å²) in [5, 5.41) is 0. The van der Waals surface area contributed by atoms with Crippen molar-refractivity contribution < 1.29 is 19.1 Å². The van der Waals surface area contributed by atoms with Crippen LogP contribution >= 0.6 is 0 Å². The van der Waals surface area contributed by atoms with Crippen LogP contribution in [0.1, 0.15) is 18.4 Å². The molecule has 3 rings (SSSR count). The van der Waals surface area contributed by atoms with Crippen molar-refractivity contribution in [1.29, 1.82) is 0 Å². The van der Waals surface area contributed by atoms with Gasteiger partial charge in [-0.05, 0) is 37.3 Å². The van der Waals surface area contributed by atoms with Gasteiger partial charge in [0.2, 0.25) is 0 Å². The van der Waals surface area contributed by atoms with E-state index in [0.717, 1.165) is 18.4 Å². The predicted molar refractivity (Wildman–Crippen MR) is 77.9 cm³/mol. The zero-order valence-electron chi connectivity index (χ0n) is 12.4. The van der Waals surface area contributed by atoms with E-state index in [2.05, 4.69) is 4.98 Å². The highest BCUT2D eigenvalue weighted by Crippen LogP contribution is 2.24. The molecule has 0 aromatic carbocycles. The van der Waals surface area contributed by atoms with Crippen LogP contribution in [0.3, 0.4) is 0 Å². The first-order chi connectivity index (χ1) is 10.6. The summed E-state index contributed by atoms with van der Waals surface area (Å²) in [6.45, 7) is 3.66. The molecule has 116 valence electrons. The average molecular weight is 302 g/mol. The van der Waals surface area contributed by atoms with E-state index in [-0.39, 0.29) is 17.6 Å². The molecule has 0 bridgehead atoms. The fraction of sp³-hybridized carbons (Fsp3) is 0.438. The lowest BCUT2D eigenvalue weighted by molar-refractivity contribution is -0.139. The molecule has 0 atom stereocenters. The number of aryl methyl sites for hydroxylation is 1. The van der Waals surface area contributed by atoms with E-state index in [1.165, 1.54) is 17.2 Å². The van der Waals surface area contributed by atoms with Gasteiger partial charge in [0.05, 0.1) is 12.3 Å². The highest BCUT2D eigenvalue weighted by Gasteiger charge is 2.35. The van der Waals surface area contributed by atoms with Gasteiger partial charge >= 0.3 is 0 Å². The molecule has 0 N–H and O–H groups in total. The van der Waals surface area contributed by atoms with E-state index in [9.17, 15) is 9.59 Å². The molecule has 1 aromatic rings. The summed E-state index contributed by atoms with van der Waals surface area (Å²) < 4.78 is 10.9. The van der Waals surface area contributed by atoms with Gasteiger partial charge in [-0.25, -0.2) is 0 Å². The molecule has 22 heavy (non-hydrogen) atoms. The maximum Gasteiger partial charge on any atom is 0.296 e. The summed E-state index contributed by atoms with van der Waals surface area (Å²) in [6.07, 6.45) is 6.18. The van der Waals surface area contributed by atoms with Crippen LogP contribution in [0, 0.1) is 12.8 Å². The highest BCUT2D eigenvalue weighted by atomic mass is 16.5. The maximum absolute atomic E-state index is 12.4. The van der Waals surface area contributed by atoms with Gasteiger partial charge in [-0.15, -0.1) is 0 Å². The van der Waals surface area contributed by atoms with Crippen molar-refractivity contribution >= 4 is 11.8 Å². The van der Waals surface area contributed by atoms with E-state index < -0.39 is 0 Å². The van der Waals surface area contributed by atoms with Gasteiger partial charge in [0.1, 0.15) is 5.75 Å². The normalized spacial score (nSPS) is 19.5. The minimum atomic E-state index is -0.375. The number of carbonyl (C=O) groups is 2. The second kappa shape index (κ2) is 6.27. The number of rotatable bonds is 4. The smallest absolute Gasteiger partial charge is 0.296 e. The standard InChI is InChI=1S/C16H18N2O4/c1-11-2-5-17-9-14(11)22-13-8-15(19)18(16(13)20)10-12-3-6-21-7-4-12/h2,5,8-9,12H,3-4,6-7,10H2,1H3. The Morgan fingerprint density at radius 3 is 2.86 bits per heavy atom. The molecule has 0 unspecified atom stereocenters. The number of ether oxygens (including phenoxy) is 2. The molecule has 2 aliphatic rings. The Morgan fingerprint density at radius 1 is 1.36 bits per heavy atom. The van der Waals surface area contributed by atoms with Gasteiger partial charge in [0.25, 0.3) is 11.8 Å². The van der Waals surface area contributed by atoms with E-state index >= 15 is 0 Å². The molecule has 1 aromatic heterocycles. The SMILES string of the molecule is Cc1ccncc1OC1=CC(=O)N(CC2CCOCC2)C1=O. The predicted octanol–water partition coefficient (Wildman–Crippen LogP) is 1.45. The van der Waals surface area contributed by atoms with Crippen molar-refractivity contribution in [2.24, 2.45) is 5.92 Å². The Morgan fingerprint density at radius 2 is 2.14 bits per heavy atom. The fourth-order valence-electron chi connectivity index (χ4n) is 2.59. The van der Waals surface area contributed by atoms with E-state index in [1.54, 1.807) is 12.3 Å². The molecule has 3 heterocycles. The zero-order valence-corrected chi connectivity index (χ0v) is 12.4. The summed E-state index contributed by atoms with van der Waals surface area (Å²) in [6, 6.07) is 1.79. The van der Waals surface area contributed by atoms with Crippen LogP contribution in [0.25, 0.3) is 0 Å². The van der Waals surface area contributed by atoms with Crippen LogP contribution < -0.4 is 4.74 Å². The minimum absolute atomic E-state index is 0.0631. The first-order valence-electron chi connectivity index (χ1n) is 7.39. The molecule has 2 amide bonds. The first kappa shape index (κ1) is 14.7. The van der Waals surface area contributed by atoms with E-state index in [4.69, 9.17) is 9.47 Å². The second-order valence-corrected chi connectivity index (χ2v) is 5.56. The second-order valence-electron chi connectivity index (χ2n) is 5.56. The monoisotopic (exact) mass is 302 g/mol. The molecule has 0 radical (unpaired) electrons. The van der Waals surface area contributed by atoms with Crippen molar-refractivity contribution in [2.45, 2.75) is 19.8 Å². The van der Waals surface area contributed by atoms with E-state index in [0.29, 0.717) is 31.4 Å². The lowest BCUT2D eigenvalue weighted by Crippen LogP contribution is -2.37. The topological polar surface area (TPSA) is 68.7 Å². The Balaban J connectivity index is 1.67. The van der Waals surface area contributed by atoms with Crippen LogP contribution in [-0.4, -0.2) is 41.5 Å². The van der Waals surface area contributed by atoms with Gasteiger partial charge in [-0.1, -0.05) is 0 Å². The third kappa shape index (κ3) is 3.01. The Bertz CT molecular complexity index is 620. The molecular formula is C16H18N2O4. The fourth-order valence-corrected chi connectivity index (χ4v) is 2.59. The summed E-state index contributed by atoms with van der Waals surface area (Å²) in [4.78, 5) is 29.6. The number of hydrogen-bond donors (Lipinski definition) is 0. The molecule has 0 aliphatic carbocycles. The molecule has 2 aliphatic heterocycles. The van der Waals surface area contributed by atoms with Gasteiger partial charge in [0.15, 0.2) is 5.76 Å². The first-order valence-corrected chi connectivity index (χ1v) is 7.39. The molecule has 0 spiro atoms. The highest BCUT2D eigenvalue weighted by molar-refractivity contribution is 6.15. The van der Waals surface area contributed by atoms with Crippen LogP contribution in [0.15, 0.2) is 30.3 Å². The Labute approximate surface area is 128 Å². The van der Waals surface area contributed by atoms with Crippen LogP contribution in [-0.2, 0) is 14.3 Å². The molecular weight excluding hydrogens is 284 g/mol. The molecule has 6 nitrogen and oxygen atoms in total. The zero-order chi connectivity index (χ0) is 15.5. The maximum atomic E-state index is 12.4. The number of pyridine rings is 1. The van der Waals surface area contributed by atoms with Crippen molar-refractivity contribution in [3.63, 3.8) is 0 Å². The summed E-state index contributed by atoms with van der Waals surface area (Å²) in [7, 11) is 0. The quantitative estimate of drug-likeness (QED) is 0.787. The lowest BCUT2D eigenvalue weighted by atomic mass is 10.00. The number of aromatic nitrogens is 1. The Hall–Kier alpha value is -2.21. The third-order valence-electron chi connectivity index (χ3n) is 3.97. The largest absolute Gasteiger partial charge is 0.449 e. The number of carbonyl (C=O) groups excluding carboxylic acids is 2. The van der Waals surface area contributed by atoms with Crippen LogP contribution in [0.5, 0.6) is 5.75 Å². The van der Waals surface area contributed by atoms with Crippen molar-refractivity contribution in [3.8, 4) is 5.75 Å². The van der Waals surface area contributed by atoms with Crippen LogP contribution in [0.4, 0.5) is 0 Å². The number of hydrogen-bond acceptors (Lipinski definition) is 5. The molecule has 6 heteroatoms. The van der Waals surface area contributed by atoms with Gasteiger partial charge < -0.3 is 9.47 Å². The van der Waals surface area contributed by atoms with Crippen molar-refractivity contribution in [1.82, 2.24) is 9.88 Å². The van der Waals surface area contributed by atoms with E-state index in [1.807, 2.05) is 6.92 Å². The molecule has 1 saturated heterocycles. The lowest BCUT2D eigenvalue weighted by Gasteiger charge is -2.25. The number of amides is 2. The van der Waals surface area contributed by atoms with Gasteiger partial charge in [0, 0.05) is 26.0 Å². The molecule has 1 fully saturated rings. The van der Waals surface area contributed by atoms with Crippen molar-refractivity contribution in [3.05, 3.63) is 35.9 Å². The van der Waals surface area contributed by atoms with Gasteiger partial charge in [-0.2, -0.15) is 0 Å². The summed E-state index contributed by atoms with van der Waals surface area (Å²) in [5.41, 5.74) is 0.860. The van der Waals surface area contributed by atoms with Gasteiger partial charge in [-0.3, -0.25) is 19.5 Å². The Kier molecular flexibility index (Phi) is 4.20. The number of imide groups is 1. The molecule has 0 saturated carbocycles. The number of nitrogens with zero attached hydrogens (tertiary/aromatic N) is 2. The van der Waals surface area contributed by atoms with Crippen LogP contribution in [0.2, 0.25) is 0 Å². The average Bonchev–Trinajstić information content (AvgIpc) is 2.78. The summed E-state index contributed by atoms with van der Waals surface area (Å²) >= 11 is 0. The van der Waals surface area contributed by atoms with Crippen molar-refractivity contribution in [2.75, 3.05) is 19.8 Å². The third-order valence-corrected chi connectivity index (χ3v) is 3.97. The summed E-state index contributed by atoms with van der Waals surface area (Å²) in [5.74, 6) is 0.165.